The first kappa shape index (κ1) is 10.7. The van der Waals surface area contributed by atoms with Gasteiger partial charge in [-0.3, -0.25) is 9.78 Å². The number of pyridine rings is 1. The van der Waals surface area contributed by atoms with Gasteiger partial charge in [0.05, 0.1) is 27.3 Å². The van der Waals surface area contributed by atoms with Gasteiger partial charge in [-0.25, -0.2) is 4.98 Å². The van der Waals surface area contributed by atoms with Crippen LogP contribution in [0.4, 0.5) is 0 Å². The second-order valence-electron chi connectivity index (χ2n) is 4.38. The quantitative estimate of drug-likeness (QED) is 0.887. The Kier molecular flexibility index (Phi) is 2.55. The van der Waals surface area contributed by atoms with E-state index in [4.69, 9.17) is 0 Å². The van der Waals surface area contributed by atoms with Crippen LogP contribution in [-0.4, -0.2) is 21.0 Å². The van der Waals surface area contributed by atoms with Crippen LogP contribution in [0.5, 0.6) is 0 Å². The lowest BCUT2D eigenvalue weighted by molar-refractivity contribution is -0.142. The van der Waals surface area contributed by atoms with Crippen molar-refractivity contribution in [2.75, 3.05) is 0 Å². The summed E-state index contributed by atoms with van der Waals surface area (Å²) in [6.07, 6.45) is 6.17. The fraction of sp³-hybridized carbons (Fsp3) is 0.417. The van der Waals surface area contributed by atoms with Crippen molar-refractivity contribution >= 4 is 27.5 Å². The van der Waals surface area contributed by atoms with E-state index in [1.807, 2.05) is 6.07 Å². The first-order chi connectivity index (χ1) is 8.25. The number of hydrogen-bond donors (Lipinski definition) is 1. The van der Waals surface area contributed by atoms with Gasteiger partial charge in [0.1, 0.15) is 0 Å². The standard InChI is InChI=1S/C12H12N2O2S/c15-12(16)8-3-1-2-7(8)11-14-9-6-13-5-4-10(9)17-11/h4-8H,1-3H2,(H,15,16). The number of hydrogen-bond acceptors (Lipinski definition) is 4. The second-order valence-corrected chi connectivity index (χ2v) is 5.44. The van der Waals surface area contributed by atoms with Crippen molar-refractivity contribution in [2.24, 2.45) is 5.92 Å². The van der Waals surface area contributed by atoms with Crippen molar-refractivity contribution in [1.82, 2.24) is 9.97 Å². The second kappa shape index (κ2) is 4.07. The Hall–Kier alpha value is -1.49. The molecule has 1 aliphatic rings. The van der Waals surface area contributed by atoms with Gasteiger partial charge in [0.15, 0.2) is 0 Å². The number of carboxylic acids is 1. The molecule has 1 aliphatic carbocycles. The zero-order valence-corrected chi connectivity index (χ0v) is 9.98. The topological polar surface area (TPSA) is 63.1 Å². The van der Waals surface area contributed by atoms with E-state index in [1.165, 1.54) is 0 Å². The third-order valence-electron chi connectivity index (χ3n) is 3.36. The van der Waals surface area contributed by atoms with Crippen LogP contribution in [0.3, 0.4) is 0 Å². The third-order valence-corrected chi connectivity index (χ3v) is 4.53. The van der Waals surface area contributed by atoms with E-state index in [1.54, 1.807) is 23.7 Å². The minimum Gasteiger partial charge on any atom is -0.481 e. The molecule has 2 aromatic heterocycles. The van der Waals surface area contributed by atoms with Gasteiger partial charge in [-0.2, -0.15) is 0 Å². The van der Waals surface area contributed by atoms with Crippen LogP contribution in [0.1, 0.15) is 30.2 Å². The molecule has 2 unspecified atom stereocenters. The van der Waals surface area contributed by atoms with Crippen molar-refractivity contribution in [3.8, 4) is 0 Å². The Morgan fingerprint density at radius 2 is 2.35 bits per heavy atom. The highest BCUT2D eigenvalue weighted by molar-refractivity contribution is 7.18. The highest BCUT2D eigenvalue weighted by Gasteiger charge is 2.35. The van der Waals surface area contributed by atoms with Gasteiger partial charge >= 0.3 is 5.97 Å². The summed E-state index contributed by atoms with van der Waals surface area (Å²) in [6, 6.07) is 1.93. The van der Waals surface area contributed by atoms with Gasteiger partial charge in [0, 0.05) is 12.1 Å². The summed E-state index contributed by atoms with van der Waals surface area (Å²) < 4.78 is 1.09. The lowest BCUT2D eigenvalue weighted by atomic mass is 9.97. The normalized spacial score (nSPS) is 24.2. The van der Waals surface area contributed by atoms with E-state index in [2.05, 4.69) is 9.97 Å². The summed E-state index contributed by atoms with van der Waals surface area (Å²) >= 11 is 1.60. The molecule has 0 aliphatic heterocycles. The minimum absolute atomic E-state index is 0.0879. The number of rotatable bonds is 2. The summed E-state index contributed by atoms with van der Waals surface area (Å²) in [5, 5.41) is 10.1. The van der Waals surface area contributed by atoms with Gasteiger partial charge in [-0.1, -0.05) is 6.42 Å². The predicted octanol–water partition coefficient (Wildman–Crippen LogP) is 2.66. The van der Waals surface area contributed by atoms with E-state index in [-0.39, 0.29) is 11.8 Å². The molecule has 2 heterocycles. The molecule has 3 rings (SSSR count). The molecule has 0 radical (unpaired) electrons. The van der Waals surface area contributed by atoms with Gasteiger partial charge < -0.3 is 5.11 Å². The zero-order chi connectivity index (χ0) is 11.8. The maximum absolute atomic E-state index is 11.2. The van der Waals surface area contributed by atoms with Crippen molar-refractivity contribution in [3.05, 3.63) is 23.5 Å². The zero-order valence-electron chi connectivity index (χ0n) is 9.17. The molecule has 4 nitrogen and oxygen atoms in total. The Balaban J connectivity index is 2.00. The fourth-order valence-corrected chi connectivity index (χ4v) is 3.64. The van der Waals surface area contributed by atoms with E-state index >= 15 is 0 Å². The van der Waals surface area contributed by atoms with Crippen molar-refractivity contribution in [1.29, 1.82) is 0 Å². The molecule has 0 bridgehead atoms. The fourth-order valence-electron chi connectivity index (χ4n) is 2.51. The maximum atomic E-state index is 11.2. The Morgan fingerprint density at radius 3 is 3.12 bits per heavy atom. The van der Waals surface area contributed by atoms with E-state index in [0.717, 1.165) is 34.5 Å². The molecule has 1 fully saturated rings. The molecule has 1 saturated carbocycles. The molecule has 2 aromatic rings. The highest BCUT2D eigenvalue weighted by Crippen LogP contribution is 2.42. The summed E-state index contributed by atoms with van der Waals surface area (Å²) in [5.74, 6) is -0.863. The van der Waals surface area contributed by atoms with Crippen molar-refractivity contribution < 1.29 is 9.90 Å². The summed E-state index contributed by atoms with van der Waals surface area (Å²) in [6.45, 7) is 0. The number of aliphatic carboxylic acids is 1. The number of thiazole rings is 1. The number of carbonyl (C=O) groups is 1. The van der Waals surface area contributed by atoms with Crippen LogP contribution < -0.4 is 0 Å². The highest BCUT2D eigenvalue weighted by atomic mass is 32.1. The van der Waals surface area contributed by atoms with Crippen molar-refractivity contribution in [2.45, 2.75) is 25.2 Å². The molecule has 0 amide bonds. The van der Waals surface area contributed by atoms with Crippen LogP contribution in [0.15, 0.2) is 18.5 Å². The Morgan fingerprint density at radius 1 is 1.47 bits per heavy atom. The van der Waals surface area contributed by atoms with Gasteiger partial charge in [0.25, 0.3) is 0 Å². The number of carboxylic acid groups (broad SMARTS) is 1. The molecule has 17 heavy (non-hydrogen) atoms. The Bertz CT molecular complexity index is 533. The largest absolute Gasteiger partial charge is 0.481 e. The maximum Gasteiger partial charge on any atom is 0.307 e. The summed E-state index contributed by atoms with van der Waals surface area (Å²) in [4.78, 5) is 19.7. The van der Waals surface area contributed by atoms with Gasteiger partial charge in [0.2, 0.25) is 0 Å². The lowest BCUT2D eigenvalue weighted by Crippen LogP contribution is -2.16. The van der Waals surface area contributed by atoms with E-state index in [0.29, 0.717) is 0 Å². The summed E-state index contributed by atoms with van der Waals surface area (Å²) in [5.41, 5.74) is 0.878. The molecule has 0 spiro atoms. The van der Waals surface area contributed by atoms with E-state index < -0.39 is 5.97 Å². The molecule has 0 aromatic carbocycles. The Labute approximate surface area is 102 Å². The van der Waals surface area contributed by atoms with Crippen molar-refractivity contribution in [3.63, 3.8) is 0 Å². The molecule has 88 valence electrons. The number of aromatic nitrogens is 2. The van der Waals surface area contributed by atoms with Crippen LogP contribution in [0, 0.1) is 5.92 Å². The van der Waals surface area contributed by atoms with Crippen LogP contribution in [-0.2, 0) is 4.79 Å². The third kappa shape index (κ3) is 1.80. The van der Waals surface area contributed by atoms with E-state index in [9.17, 15) is 9.90 Å². The van der Waals surface area contributed by atoms with Crippen LogP contribution in [0.25, 0.3) is 10.2 Å². The van der Waals surface area contributed by atoms with Gasteiger partial charge in [-0.15, -0.1) is 11.3 Å². The smallest absolute Gasteiger partial charge is 0.307 e. The summed E-state index contributed by atoms with van der Waals surface area (Å²) in [7, 11) is 0. The average molecular weight is 248 g/mol. The first-order valence-corrected chi connectivity index (χ1v) is 6.50. The lowest BCUT2D eigenvalue weighted by Gasteiger charge is -2.11. The monoisotopic (exact) mass is 248 g/mol. The average Bonchev–Trinajstić information content (AvgIpc) is 2.95. The minimum atomic E-state index is -0.690. The first-order valence-electron chi connectivity index (χ1n) is 5.69. The van der Waals surface area contributed by atoms with Crippen LogP contribution in [0.2, 0.25) is 0 Å². The molecule has 5 heteroatoms. The van der Waals surface area contributed by atoms with Crippen LogP contribution >= 0.6 is 11.3 Å². The SMILES string of the molecule is O=C(O)C1CCCC1c1nc2cnccc2s1. The molecular formula is C12H12N2O2S. The molecule has 0 saturated heterocycles. The molecule has 2 atom stereocenters. The molecular weight excluding hydrogens is 236 g/mol. The number of fused-ring (bicyclic) bond motifs is 1. The number of nitrogens with zero attached hydrogens (tertiary/aromatic N) is 2. The predicted molar refractivity (Wildman–Crippen MR) is 65.1 cm³/mol. The van der Waals surface area contributed by atoms with Gasteiger partial charge in [-0.05, 0) is 18.9 Å². The molecule has 1 N–H and O–H groups in total.